The van der Waals surface area contributed by atoms with Gasteiger partial charge in [0.25, 0.3) is 0 Å². The molecule has 0 amide bonds. The molecule has 0 radical (unpaired) electrons. The third-order valence-electron chi connectivity index (χ3n) is 4.43. The number of hydrogen-bond acceptors (Lipinski definition) is 3. The second kappa shape index (κ2) is 8.39. The Labute approximate surface area is 159 Å². The Hall–Kier alpha value is -3.30. The molecule has 4 rings (SSSR count). The molecule has 2 aromatic heterocycles. The van der Waals surface area contributed by atoms with Crippen molar-refractivity contribution in [1.82, 2.24) is 15.3 Å². The molecule has 0 aliphatic heterocycles. The smallest absolute Gasteiger partial charge is 0.0702 e. The monoisotopic (exact) mass is 351 g/mol. The van der Waals surface area contributed by atoms with Crippen LogP contribution in [0.1, 0.15) is 11.1 Å². The highest BCUT2D eigenvalue weighted by atomic mass is 14.8. The molecule has 0 saturated carbocycles. The molecule has 0 aliphatic rings. The molecule has 0 fully saturated rings. The van der Waals surface area contributed by atoms with Crippen molar-refractivity contribution in [2.45, 2.75) is 13.1 Å². The largest absolute Gasteiger partial charge is 0.309 e. The van der Waals surface area contributed by atoms with E-state index in [1.54, 1.807) is 0 Å². The van der Waals surface area contributed by atoms with Crippen LogP contribution >= 0.6 is 0 Å². The summed E-state index contributed by atoms with van der Waals surface area (Å²) in [6.07, 6.45) is 3.66. The van der Waals surface area contributed by atoms with Crippen LogP contribution in [0.25, 0.3) is 22.5 Å². The van der Waals surface area contributed by atoms with E-state index in [1.807, 2.05) is 48.8 Å². The van der Waals surface area contributed by atoms with Crippen LogP contribution in [-0.2, 0) is 13.1 Å². The second-order valence-electron chi connectivity index (χ2n) is 6.43. The zero-order valence-electron chi connectivity index (χ0n) is 15.0. The average molecular weight is 351 g/mol. The lowest BCUT2D eigenvalue weighted by Gasteiger charge is -2.08. The molecular formula is C24H21N3. The Kier molecular flexibility index (Phi) is 5.32. The van der Waals surface area contributed by atoms with Crippen molar-refractivity contribution < 1.29 is 0 Å². The quantitative estimate of drug-likeness (QED) is 0.525. The van der Waals surface area contributed by atoms with Crippen molar-refractivity contribution in [3.05, 3.63) is 108 Å². The van der Waals surface area contributed by atoms with Crippen molar-refractivity contribution in [2.24, 2.45) is 0 Å². The van der Waals surface area contributed by atoms with Crippen molar-refractivity contribution in [2.75, 3.05) is 0 Å². The summed E-state index contributed by atoms with van der Waals surface area (Å²) >= 11 is 0. The molecule has 2 aromatic carbocycles. The van der Waals surface area contributed by atoms with E-state index in [4.69, 9.17) is 0 Å². The Bertz CT molecular complexity index is 915. The maximum absolute atomic E-state index is 4.43. The number of nitrogens with zero attached hydrogens (tertiary/aromatic N) is 2. The van der Waals surface area contributed by atoms with Crippen LogP contribution in [0, 0.1) is 0 Å². The van der Waals surface area contributed by atoms with Gasteiger partial charge in [0.05, 0.1) is 11.4 Å². The Morgan fingerprint density at radius 3 is 1.52 bits per heavy atom. The number of benzene rings is 2. The van der Waals surface area contributed by atoms with E-state index < -0.39 is 0 Å². The van der Waals surface area contributed by atoms with Gasteiger partial charge in [0, 0.05) is 36.6 Å². The van der Waals surface area contributed by atoms with Crippen molar-refractivity contribution in [1.29, 1.82) is 0 Å². The minimum Gasteiger partial charge on any atom is -0.309 e. The summed E-state index contributed by atoms with van der Waals surface area (Å²) in [6.45, 7) is 1.63. The van der Waals surface area contributed by atoms with Crippen LogP contribution in [0.3, 0.4) is 0 Å². The standard InChI is InChI=1S/C24H21N3/c1-3-13-26-23(11-1)21-9-5-7-19(15-21)17-25-18-20-8-6-10-22(16-20)24-12-2-4-14-27-24/h1-16,25H,17-18H2. The summed E-state index contributed by atoms with van der Waals surface area (Å²) in [5.74, 6) is 0. The molecule has 0 saturated heterocycles. The first kappa shape index (κ1) is 17.1. The van der Waals surface area contributed by atoms with Crippen molar-refractivity contribution >= 4 is 0 Å². The first-order valence-corrected chi connectivity index (χ1v) is 9.10. The minimum absolute atomic E-state index is 0.814. The summed E-state index contributed by atoms with van der Waals surface area (Å²) in [5.41, 5.74) is 6.79. The molecule has 3 heteroatoms. The third-order valence-corrected chi connectivity index (χ3v) is 4.43. The highest BCUT2D eigenvalue weighted by Gasteiger charge is 2.02. The molecule has 0 bridgehead atoms. The summed E-state index contributed by atoms with van der Waals surface area (Å²) in [6, 6.07) is 29.0. The third kappa shape index (κ3) is 4.46. The second-order valence-corrected chi connectivity index (χ2v) is 6.43. The van der Waals surface area contributed by atoms with Gasteiger partial charge in [0.1, 0.15) is 0 Å². The zero-order valence-corrected chi connectivity index (χ0v) is 15.0. The molecular weight excluding hydrogens is 330 g/mol. The predicted molar refractivity (Wildman–Crippen MR) is 110 cm³/mol. The van der Waals surface area contributed by atoms with E-state index in [0.29, 0.717) is 0 Å². The lowest BCUT2D eigenvalue weighted by Crippen LogP contribution is -2.12. The number of aromatic nitrogens is 2. The number of hydrogen-bond donors (Lipinski definition) is 1. The average Bonchev–Trinajstić information content (AvgIpc) is 2.75. The fourth-order valence-electron chi connectivity index (χ4n) is 3.10. The van der Waals surface area contributed by atoms with Gasteiger partial charge in [-0.15, -0.1) is 0 Å². The minimum atomic E-state index is 0.814. The van der Waals surface area contributed by atoms with Gasteiger partial charge in [-0.1, -0.05) is 48.5 Å². The Morgan fingerprint density at radius 2 is 1.07 bits per heavy atom. The molecule has 0 spiro atoms. The molecule has 27 heavy (non-hydrogen) atoms. The zero-order chi connectivity index (χ0) is 18.3. The highest BCUT2D eigenvalue weighted by Crippen LogP contribution is 2.19. The van der Waals surface area contributed by atoms with Crippen LogP contribution in [-0.4, -0.2) is 9.97 Å². The molecule has 4 aromatic rings. The maximum atomic E-state index is 4.43. The first-order valence-electron chi connectivity index (χ1n) is 9.10. The van der Waals surface area contributed by atoms with E-state index >= 15 is 0 Å². The van der Waals surface area contributed by atoms with Gasteiger partial charge >= 0.3 is 0 Å². The summed E-state index contributed by atoms with van der Waals surface area (Å²) < 4.78 is 0. The van der Waals surface area contributed by atoms with Gasteiger partial charge in [-0.2, -0.15) is 0 Å². The van der Waals surface area contributed by atoms with Crippen LogP contribution in [0.15, 0.2) is 97.3 Å². The SMILES string of the molecule is c1ccc(-c2cccc(CNCc3cccc(-c4ccccn4)c3)c2)nc1. The lowest BCUT2D eigenvalue weighted by atomic mass is 10.1. The van der Waals surface area contributed by atoms with Crippen LogP contribution in [0.2, 0.25) is 0 Å². The maximum Gasteiger partial charge on any atom is 0.0702 e. The van der Waals surface area contributed by atoms with Gasteiger partial charge in [0.15, 0.2) is 0 Å². The van der Waals surface area contributed by atoms with Gasteiger partial charge in [-0.05, 0) is 47.5 Å². The molecule has 3 nitrogen and oxygen atoms in total. The van der Waals surface area contributed by atoms with Crippen molar-refractivity contribution in [3.63, 3.8) is 0 Å². The molecule has 1 N–H and O–H groups in total. The van der Waals surface area contributed by atoms with Crippen LogP contribution in [0.4, 0.5) is 0 Å². The van der Waals surface area contributed by atoms with Crippen LogP contribution in [0.5, 0.6) is 0 Å². The van der Waals surface area contributed by atoms with E-state index in [0.717, 1.165) is 35.6 Å². The van der Waals surface area contributed by atoms with Crippen molar-refractivity contribution in [3.8, 4) is 22.5 Å². The summed E-state index contributed by atoms with van der Waals surface area (Å²) in [7, 11) is 0. The molecule has 0 unspecified atom stereocenters. The molecule has 132 valence electrons. The Morgan fingerprint density at radius 1 is 0.556 bits per heavy atom. The molecule has 2 heterocycles. The summed E-state index contributed by atoms with van der Waals surface area (Å²) in [4.78, 5) is 8.86. The van der Waals surface area contributed by atoms with Crippen LogP contribution < -0.4 is 5.32 Å². The fourth-order valence-corrected chi connectivity index (χ4v) is 3.10. The molecule has 0 aliphatic carbocycles. The lowest BCUT2D eigenvalue weighted by molar-refractivity contribution is 0.693. The highest BCUT2D eigenvalue weighted by molar-refractivity contribution is 5.60. The molecule has 0 atom stereocenters. The number of nitrogens with one attached hydrogen (secondary N) is 1. The Balaban J connectivity index is 1.41. The van der Waals surface area contributed by atoms with Gasteiger partial charge in [-0.3, -0.25) is 9.97 Å². The normalized spacial score (nSPS) is 10.7. The van der Waals surface area contributed by atoms with Gasteiger partial charge in [0.2, 0.25) is 0 Å². The van der Waals surface area contributed by atoms with E-state index in [2.05, 4.69) is 63.8 Å². The van der Waals surface area contributed by atoms with Gasteiger partial charge < -0.3 is 5.32 Å². The predicted octanol–water partition coefficient (Wildman–Crippen LogP) is 5.10. The topological polar surface area (TPSA) is 37.8 Å². The number of pyridine rings is 2. The number of rotatable bonds is 6. The van der Waals surface area contributed by atoms with Gasteiger partial charge in [-0.25, -0.2) is 0 Å². The fraction of sp³-hybridized carbons (Fsp3) is 0.0833. The van der Waals surface area contributed by atoms with E-state index in [-0.39, 0.29) is 0 Å². The first-order chi connectivity index (χ1) is 13.4. The summed E-state index contributed by atoms with van der Waals surface area (Å²) in [5, 5.41) is 3.53. The van der Waals surface area contributed by atoms with E-state index in [1.165, 1.54) is 11.1 Å². The van der Waals surface area contributed by atoms with E-state index in [9.17, 15) is 0 Å².